The summed E-state index contributed by atoms with van der Waals surface area (Å²) in [5.74, 6) is -0.547. The van der Waals surface area contributed by atoms with Crippen molar-refractivity contribution >= 4 is 5.91 Å². The first kappa shape index (κ1) is 36.5. The van der Waals surface area contributed by atoms with Crippen LogP contribution >= 0.6 is 0 Å². The number of aryl methyl sites for hydroxylation is 1. The number of hydrogen-bond acceptors (Lipinski definition) is 3. The molecule has 0 aliphatic carbocycles. The lowest BCUT2D eigenvalue weighted by molar-refractivity contribution is -0.138. The van der Waals surface area contributed by atoms with Crippen molar-refractivity contribution in [3.05, 3.63) is 113 Å². The van der Waals surface area contributed by atoms with Crippen molar-refractivity contribution in [2.45, 2.75) is 64.2 Å². The number of nitrogens with one attached hydrogen (secondary N) is 1. The second kappa shape index (κ2) is 16.7. The summed E-state index contributed by atoms with van der Waals surface area (Å²) in [6, 6.07) is 20.5. The van der Waals surface area contributed by atoms with Crippen molar-refractivity contribution in [3.8, 4) is 28.0 Å². The van der Waals surface area contributed by atoms with Crippen LogP contribution in [0.15, 0.2) is 84.9 Å². The number of unbranched alkanes of at least 4 members (excludes halogenated alkanes) is 5. The van der Waals surface area contributed by atoms with E-state index in [1.165, 1.54) is 35.9 Å². The molecule has 0 fully saturated rings. The first-order chi connectivity index (χ1) is 22.9. The van der Waals surface area contributed by atoms with E-state index in [0.29, 0.717) is 13.0 Å². The molecule has 48 heavy (non-hydrogen) atoms. The van der Waals surface area contributed by atoms with Gasteiger partial charge < -0.3 is 15.2 Å². The van der Waals surface area contributed by atoms with Crippen molar-refractivity contribution in [2.75, 3.05) is 19.8 Å². The largest absolute Gasteiger partial charge is 0.490 e. The van der Waals surface area contributed by atoms with Gasteiger partial charge in [-0.1, -0.05) is 80.3 Å². The molecular weight excluding hydrogens is 632 g/mol. The van der Waals surface area contributed by atoms with Gasteiger partial charge in [-0.05, 0) is 78.8 Å². The molecular formula is C38H39F6NO3. The fourth-order valence-corrected chi connectivity index (χ4v) is 5.67. The molecule has 0 saturated carbocycles. The molecule has 2 N–H and O–H groups in total. The summed E-state index contributed by atoms with van der Waals surface area (Å²) < 4.78 is 88.0. The number of rotatable bonds is 15. The Bertz CT molecular complexity index is 1650. The molecule has 0 aliphatic rings. The quantitative estimate of drug-likeness (QED) is 0.0977. The smallest absolute Gasteiger partial charge is 0.416 e. The average molecular weight is 672 g/mol. The first-order valence-electron chi connectivity index (χ1n) is 16.0. The summed E-state index contributed by atoms with van der Waals surface area (Å²) >= 11 is 0. The number of ether oxygens (including phenoxy) is 1. The number of amides is 1. The van der Waals surface area contributed by atoms with Gasteiger partial charge in [0.05, 0.1) is 17.7 Å². The van der Waals surface area contributed by atoms with Crippen LogP contribution < -0.4 is 10.1 Å². The molecule has 4 aromatic carbocycles. The van der Waals surface area contributed by atoms with Gasteiger partial charge in [0.25, 0.3) is 5.91 Å². The molecule has 256 valence electrons. The van der Waals surface area contributed by atoms with Gasteiger partial charge in [-0.2, -0.15) is 26.3 Å². The average Bonchev–Trinajstić information content (AvgIpc) is 3.06. The summed E-state index contributed by atoms with van der Waals surface area (Å²) in [5, 5.41) is 12.4. The second-order valence-corrected chi connectivity index (χ2v) is 11.6. The molecule has 0 aliphatic heterocycles. The van der Waals surface area contributed by atoms with Crippen molar-refractivity contribution in [1.82, 2.24) is 5.32 Å². The highest BCUT2D eigenvalue weighted by molar-refractivity contribution is 6.01. The highest BCUT2D eigenvalue weighted by atomic mass is 19.4. The summed E-state index contributed by atoms with van der Waals surface area (Å²) in [4.78, 5) is 13.6. The number of halogens is 6. The van der Waals surface area contributed by atoms with Gasteiger partial charge in [-0.25, -0.2) is 0 Å². The summed E-state index contributed by atoms with van der Waals surface area (Å²) in [6.45, 7) is 1.16. The Labute approximate surface area is 276 Å². The van der Waals surface area contributed by atoms with Crippen LogP contribution in [0, 0.1) is 6.92 Å². The van der Waals surface area contributed by atoms with Crippen LogP contribution in [0.4, 0.5) is 26.3 Å². The molecule has 4 rings (SSSR count). The molecule has 0 saturated heterocycles. The van der Waals surface area contributed by atoms with E-state index in [9.17, 15) is 36.2 Å². The van der Waals surface area contributed by atoms with Gasteiger partial charge in [0.15, 0.2) is 0 Å². The Kier molecular flexibility index (Phi) is 12.7. The van der Waals surface area contributed by atoms with E-state index in [0.717, 1.165) is 62.8 Å². The molecule has 4 aromatic rings. The van der Waals surface area contributed by atoms with Crippen LogP contribution in [0.2, 0.25) is 0 Å². The Morgan fingerprint density at radius 2 is 1.31 bits per heavy atom. The molecule has 0 atom stereocenters. The number of alkyl halides is 6. The van der Waals surface area contributed by atoms with Crippen LogP contribution in [0.25, 0.3) is 22.3 Å². The van der Waals surface area contributed by atoms with Gasteiger partial charge in [0, 0.05) is 23.2 Å². The lowest BCUT2D eigenvalue weighted by atomic mass is 9.88. The SMILES string of the molecule is Cc1c(C(=O)NCCCCCCCCc2ccccc2)cc(-c2cccc(C(F)(F)F)c2)c(OCCO)c1-c1cccc(C(F)(F)F)c1. The Morgan fingerprint density at radius 1 is 0.729 bits per heavy atom. The van der Waals surface area contributed by atoms with E-state index >= 15 is 0 Å². The Hall–Kier alpha value is -4.31. The van der Waals surface area contributed by atoms with Crippen LogP contribution in [-0.4, -0.2) is 30.8 Å². The van der Waals surface area contributed by atoms with Gasteiger partial charge in [0.2, 0.25) is 0 Å². The summed E-state index contributed by atoms with van der Waals surface area (Å²) in [6.07, 6.45) is -2.44. The van der Waals surface area contributed by atoms with Crippen LogP contribution in [-0.2, 0) is 18.8 Å². The van der Waals surface area contributed by atoms with Crippen LogP contribution in [0.5, 0.6) is 5.75 Å². The summed E-state index contributed by atoms with van der Waals surface area (Å²) in [7, 11) is 0. The predicted octanol–water partition coefficient (Wildman–Crippen LogP) is 10.1. The highest BCUT2D eigenvalue weighted by Crippen LogP contribution is 2.45. The number of benzene rings is 4. The van der Waals surface area contributed by atoms with E-state index in [-0.39, 0.29) is 45.7 Å². The minimum atomic E-state index is -4.67. The fraction of sp³-hybridized carbons (Fsp3) is 0.342. The van der Waals surface area contributed by atoms with Gasteiger partial charge in [-0.3, -0.25) is 4.79 Å². The van der Waals surface area contributed by atoms with Gasteiger partial charge in [0.1, 0.15) is 12.4 Å². The molecule has 1 amide bonds. The highest BCUT2D eigenvalue weighted by Gasteiger charge is 2.33. The van der Waals surface area contributed by atoms with E-state index in [1.54, 1.807) is 6.92 Å². The zero-order chi connectivity index (χ0) is 34.7. The number of carbonyl (C=O) groups excluding carboxylic acids is 1. The first-order valence-corrected chi connectivity index (χ1v) is 16.0. The van der Waals surface area contributed by atoms with E-state index in [2.05, 4.69) is 17.4 Å². The topological polar surface area (TPSA) is 58.6 Å². The fourth-order valence-electron chi connectivity index (χ4n) is 5.67. The molecule has 0 radical (unpaired) electrons. The molecule has 0 bridgehead atoms. The van der Waals surface area contributed by atoms with Crippen LogP contribution in [0.1, 0.15) is 71.1 Å². The van der Waals surface area contributed by atoms with Crippen molar-refractivity contribution in [1.29, 1.82) is 0 Å². The number of aliphatic hydroxyl groups excluding tert-OH is 1. The molecule has 0 aromatic heterocycles. The number of carbonyl (C=O) groups is 1. The second-order valence-electron chi connectivity index (χ2n) is 11.6. The zero-order valence-corrected chi connectivity index (χ0v) is 26.7. The maximum absolute atomic E-state index is 13.7. The van der Waals surface area contributed by atoms with Gasteiger partial charge >= 0.3 is 12.4 Å². The molecule has 0 unspecified atom stereocenters. The maximum atomic E-state index is 13.7. The van der Waals surface area contributed by atoms with Crippen LogP contribution in [0.3, 0.4) is 0 Å². The standard InChI is InChI=1S/C38H39F6NO3/c1-26-32(36(47)45-20-10-5-3-2-4-7-13-27-14-8-6-9-15-27)25-33(28-16-11-18-30(23-28)37(39,40)41)35(48-22-21-46)34(26)29-17-12-19-31(24-29)38(42,43)44/h6,8-9,11-12,14-19,23-25,46H,2-5,7,10,13,20-22H2,1H3,(H,45,47). The third kappa shape index (κ3) is 9.86. The minimum absolute atomic E-state index is 0.0380. The lowest BCUT2D eigenvalue weighted by Crippen LogP contribution is -2.25. The molecule has 10 heteroatoms. The monoisotopic (exact) mass is 671 g/mol. The van der Waals surface area contributed by atoms with E-state index < -0.39 is 36.0 Å². The Balaban J connectivity index is 1.60. The third-order valence-electron chi connectivity index (χ3n) is 8.12. The summed E-state index contributed by atoms with van der Waals surface area (Å²) in [5.41, 5.74) is 0.108. The van der Waals surface area contributed by atoms with Crippen molar-refractivity contribution in [2.24, 2.45) is 0 Å². The molecule has 0 heterocycles. The van der Waals surface area contributed by atoms with E-state index in [1.807, 2.05) is 18.2 Å². The Morgan fingerprint density at radius 3 is 1.94 bits per heavy atom. The number of hydrogen-bond donors (Lipinski definition) is 2. The molecule has 0 spiro atoms. The third-order valence-corrected chi connectivity index (χ3v) is 8.12. The van der Waals surface area contributed by atoms with Crippen molar-refractivity contribution < 1.29 is 41.0 Å². The normalized spacial score (nSPS) is 11.8. The maximum Gasteiger partial charge on any atom is 0.416 e. The number of aliphatic hydroxyl groups is 1. The lowest BCUT2D eigenvalue weighted by Gasteiger charge is -2.22. The minimum Gasteiger partial charge on any atom is -0.490 e. The van der Waals surface area contributed by atoms with E-state index in [4.69, 9.17) is 4.74 Å². The van der Waals surface area contributed by atoms with Crippen molar-refractivity contribution in [3.63, 3.8) is 0 Å². The van der Waals surface area contributed by atoms with Gasteiger partial charge in [-0.15, -0.1) is 0 Å². The molecule has 4 nitrogen and oxygen atoms in total. The zero-order valence-electron chi connectivity index (χ0n) is 26.7. The predicted molar refractivity (Wildman–Crippen MR) is 175 cm³/mol.